The quantitative estimate of drug-likeness (QED) is 0.765. The molecule has 2 unspecified atom stereocenters. The molecular formula is C16H12BrFN2O3. The van der Waals surface area contributed by atoms with Crippen molar-refractivity contribution < 1.29 is 13.7 Å². The lowest BCUT2D eigenvalue weighted by Crippen LogP contribution is -2.29. The van der Waals surface area contributed by atoms with Gasteiger partial charge in [-0.15, -0.1) is 0 Å². The molecule has 0 spiro atoms. The third-order valence-corrected chi connectivity index (χ3v) is 5.12. The predicted octanol–water partition coefficient (Wildman–Crippen LogP) is 3.08. The first kappa shape index (κ1) is 14.6. The lowest BCUT2D eigenvalue weighted by Gasteiger charge is -2.26. The van der Waals surface area contributed by atoms with Crippen LogP contribution in [0.3, 0.4) is 0 Å². The van der Waals surface area contributed by atoms with Crippen LogP contribution in [0.1, 0.15) is 29.9 Å². The number of aliphatic imine (C=N–C) groups is 1. The van der Waals surface area contributed by atoms with Crippen molar-refractivity contribution in [3.05, 3.63) is 50.0 Å². The number of carbonyl (C=O) groups is 1. The number of hydrogen-bond acceptors (Lipinski definition) is 4. The van der Waals surface area contributed by atoms with Crippen LogP contribution in [0.2, 0.25) is 0 Å². The van der Waals surface area contributed by atoms with E-state index in [1.807, 2.05) is 0 Å². The molecule has 2 heterocycles. The number of aromatic nitrogens is 1. The number of carbonyl (C=O) groups excluding carboxylic acids is 1. The van der Waals surface area contributed by atoms with E-state index >= 15 is 0 Å². The molecule has 5 nitrogen and oxygen atoms in total. The Kier molecular flexibility index (Phi) is 3.16. The van der Waals surface area contributed by atoms with Crippen molar-refractivity contribution in [1.82, 2.24) is 4.74 Å². The Morgan fingerprint density at radius 3 is 2.83 bits per heavy atom. The van der Waals surface area contributed by atoms with Crippen molar-refractivity contribution in [3.63, 3.8) is 0 Å². The summed E-state index contributed by atoms with van der Waals surface area (Å²) in [7, 11) is 1.61. The number of rotatable bonds is 1. The smallest absolute Gasteiger partial charge is 0.334 e. The van der Waals surface area contributed by atoms with Crippen LogP contribution in [-0.2, 0) is 11.8 Å². The molecule has 23 heavy (non-hydrogen) atoms. The summed E-state index contributed by atoms with van der Waals surface area (Å²) in [6.45, 7) is 0. The highest BCUT2D eigenvalue weighted by Gasteiger charge is 2.45. The Morgan fingerprint density at radius 1 is 1.30 bits per heavy atom. The summed E-state index contributed by atoms with van der Waals surface area (Å²) in [5.41, 5.74) is 1.33. The topological polar surface area (TPSA) is 64.6 Å². The second-order valence-corrected chi connectivity index (χ2v) is 6.67. The van der Waals surface area contributed by atoms with Crippen molar-refractivity contribution in [3.8, 4) is 0 Å². The maximum absolute atomic E-state index is 13.6. The molecule has 0 radical (unpaired) electrons. The van der Waals surface area contributed by atoms with Crippen molar-refractivity contribution in [2.45, 2.75) is 18.8 Å². The number of Topliss-reactive ketones (excluding diaryl/α,β-unsaturated/α-hetero) is 1. The molecule has 1 fully saturated rings. The van der Waals surface area contributed by atoms with Gasteiger partial charge in [0.05, 0.1) is 16.0 Å². The van der Waals surface area contributed by atoms with E-state index in [2.05, 4.69) is 20.9 Å². The van der Waals surface area contributed by atoms with Crippen molar-refractivity contribution in [2.75, 3.05) is 0 Å². The van der Waals surface area contributed by atoms with Crippen LogP contribution in [0.4, 0.5) is 10.2 Å². The Hall–Kier alpha value is -2.02. The minimum Gasteiger partial charge on any atom is -0.334 e. The van der Waals surface area contributed by atoms with Crippen LogP contribution in [0, 0.1) is 11.7 Å². The number of aryl methyl sites for hydroxylation is 1. The molecule has 0 bridgehead atoms. The molecule has 0 saturated heterocycles. The lowest BCUT2D eigenvalue weighted by atomic mass is 9.78. The van der Waals surface area contributed by atoms with Crippen LogP contribution in [-0.4, -0.2) is 16.2 Å². The summed E-state index contributed by atoms with van der Waals surface area (Å²) in [6, 6.07) is 4.55. The highest BCUT2D eigenvalue weighted by molar-refractivity contribution is 9.10. The van der Waals surface area contributed by atoms with Gasteiger partial charge in [-0.2, -0.15) is 4.74 Å². The second kappa shape index (κ2) is 4.99. The van der Waals surface area contributed by atoms with Crippen molar-refractivity contribution >= 4 is 33.2 Å². The van der Waals surface area contributed by atoms with Crippen LogP contribution in [0.15, 0.2) is 37.0 Å². The molecule has 2 atom stereocenters. The third-order valence-electron chi connectivity index (χ3n) is 4.51. The minimum absolute atomic E-state index is 0.0584. The largest absolute Gasteiger partial charge is 0.363 e. The Bertz CT molecular complexity index is 928. The van der Waals surface area contributed by atoms with E-state index in [0.717, 1.165) is 5.71 Å². The van der Waals surface area contributed by atoms with Gasteiger partial charge in [0, 0.05) is 25.1 Å². The van der Waals surface area contributed by atoms with Gasteiger partial charge in [-0.25, -0.2) is 14.2 Å². The first-order chi connectivity index (χ1) is 11.0. The fourth-order valence-corrected chi connectivity index (χ4v) is 3.89. The van der Waals surface area contributed by atoms with Gasteiger partial charge in [0.2, 0.25) is 0 Å². The van der Waals surface area contributed by atoms with Gasteiger partial charge < -0.3 is 4.52 Å². The third kappa shape index (κ3) is 2.06. The van der Waals surface area contributed by atoms with E-state index in [9.17, 15) is 14.0 Å². The van der Waals surface area contributed by atoms with Crippen LogP contribution < -0.4 is 5.63 Å². The minimum atomic E-state index is -0.504. The number of benzene rings is 1. The van der Waals surface area contributed by atoms with Crippen LogP contribution in [0.5, 0.6) is 0 Å². The molecule has 1 saturated carbocycles. The Morgan fingerprint density at radius 2 is 2.09 bits per heavy atom. The maximum Gasteiger partial charge on any atom is 0.363 e. The molecule has 0 N–H and O–H groups in total. The molecule has 1 aromatic carbocycles. The molecule has 1 aliphatic carbocycles. The fraction of sp³-hybridized carbons (Fsp3) is 0.312. The molecule has 1 aliphatic heterocycles. The van der Waals surface area contributed by atoms with E-state index in [1.165, 1.54) is 10.8 Å². The van der Waals surface area contributed by atoms with Gasteiger partial charge >= 0.3 is 5.63 Å². The molecule has 4 rings (SSSR count). The molecule has 7 heteroatoms. The summed E-state index contributed by atoms with van der Waals surface area (Å²) in [5.74, 6) is -0.840. The normalized spacial score (nSPS) is 22.7. The number of nitrogens with zero attached hydrogens (tertiary/aromatic N) is 2. The fourth-order valence-electron chi connectivity index (χ4n) is 3.49. The monoisotopic (exact) mass is 378 g/mol. The molecule has 2 aromatic rings. The summed E-state index contributed by atoms with van der Waals surface area (Å²) >= 11 is 3.17. The van der Waals surface area contributed by atoms with E-state index < -0.39 is 23.3 Å². The van der Waals surface area contributed by atoms with Gasteiger partial charge in [0.15, 0.2) is 5.82 Å². The zero-order chi connectivity index (χ0) is 16.3. The van der Waals surface area contributed by atoms with Gasteiger partial charge in [0.25, 0.3) is 0 Å². The molecule has 118 valence electrons. The Balaban J connectivity index is 1.99. The van der Waals surface area contributed by atoms with Crippen LogP contribution >= 0.6 is 15.9 Å². The zero-order valence-corrected chi connectivity index (χ0v) is 13.8. The standard InChI is InChI=1S/C16H12BrFN2O3/c1-20-15-14(16(22)23-20)12(7-2-3-9(18)8(17)6-7)13-10(19-15)4-5-11(13)21/h2-3,6,12-13H,4-5H2,1H3. The molecule has 0 amide bonds. The highest BCUT2D eigenvalue weighted by Crippen LogP contribution is 2.45. The van der Waals surface area contributed by atoms with Gasteiger partial charge in [-0.05, 0) is 40.0 Å². The molecular weight excluding hydrogens is 367 g/mol. The first-order valence-corrected chi connectivity index (χ1v) is 8.02. The summed E-state index contributed by atoms with van der Waals surface area (Å²) < 4.78 is 20.3. The van der Waals surface area contributed by atoms with E-state index in [0.29, 0.717) is 34.3 Å². The number of ketones is 1. The number of hydrogen-bond donors (Lipinski definition) is 0. The Labute approximate surface area is 138 Å². The van der Waals surface area contributed by atoms with E-state index in [1.54, 1.807) is 19.2 Å². The van der Waals surface area contributed by atoms with Crippen molar-refractivity contribution in [1.29, 1.82) is 0 Å². The summed E-state index contributed by atoms with van der Waals surface area (Å²) in [4.78, 5) is 29.1. The highest BCUT2D eigenvalue weighted by atomic mass is 79.9. The average Bonchev–Trinajstić information content (AvgIpc) is 3.02. The SMILES string of the molecule is Cn1oc(=O)c2c1N=C1CCC(=O)C1C2c1ccc(F)c(Br)c1. The van der Waals surface area contributed by atoms with Crippen LogP contribution in [0.25, 0.3) is 0 Å². The van der Waals surface area contributed by atoms with Crippen molar-refractivity contribution in [2.24, 2.45) is 18.0 Å². The first-order valence-electron chi connectivity index (χ1n) is 7.22. The molecule has 2 aliphatic rings. The summed E-state index contributed by atoms with van der Waals surface area (Å²) in [5, 5.41) is 0. The molecule has 1 aromatic heterocycles. The number of fused-ring (bicyclic) bond motifs is 2. The van der Waals surface area contributed by atoms with E-state index in [-0.39, 0.29) is 5.78 Å². The zero-order valence-electron chi connectivity index (χ0n) is 12.2. The van der Waals surface area contributed by atoms with Gasteiger partial charge in [-0.1, -0.05) is 6.07 Å². The predicted molar refractivity (Wildman–Crippen MR) is 84.7 cm³/mol. The number of halogens is 2. The van der Waals surface area contributed by atoms with Gasteiger partial charge in [0.1, 0.15) is 11.6 Å². The maximum atomic E-state index is 13.6. The average molecular weight is 379 g/mol. The second-order valence-electron chi connectivity index (χ2n) is 5.81. The van der Waals surface area contributed by atoms with Gasteiger partial charge in [-0.3, -0.25) is 4.79 Å². The van der Waals surface area contributed by atoms with E-state index in [4.69, 9.17) is 4.52 Å². The summed E-state index contributed by atoms with van der Waals surface area (Å²) in [6.07, 6.45) is 1.00. The lowest BCUT2D eigenvalue weighted by molar-refractivity contribution is -0.120.